The number of nitrogens with one attached hydrogen (secondary N) is 1. The van der Waals surface area contributed by atoms with Gasteiger partial charge in [-0.1, -0.05) is 84.9 Å². The van der Waals surface area contributed by atoms with E-state index in [1.54, 1.807) is 0 Å². The molecule has 8 nitrogen and oxygen atoms in total. The van der Waals surface area contributed by atoms with E-state index in [1.807, 2.05) is 72.8 Å². The smallest absolute Gasteiger partial charge is 0.275 e. The first-order valence-electron chi connectivity index (χ1n) is 16.3. The first-order chi connectivity index (χ1) is 23.4. The number of aliphatic hydroxyl groups excluding tert-OH is 1. The monoisotopic (exact) mass is 638 g/mol. The number of benzene rings is 5. The van der Waals surface area contributed by atoms with Crippen LogP contribution in [0.3, 0.4) is 0 Å². The van der Waals surface area contributed by atoms with Crippen molar-refractivity contribution in [2.75, 3.05) is 18.9 Å². The number of ether oxygens (including phenoxy) is 2. The molecule has 0 radical (unpaired) electrons. The van der Waals surface area contributed by atoms with Crippen LogP contribution in [-0.4, -0.2) is 45.6 Å². The van der Waals surface area contributed by atoms with Gasteiger partial charge in [-0.3, -0.25) is 14.7 Å². The minimum Gasteiger partial charge on any atom is -0.392 e. The van der Waals surface area contributed by atoms with Gasteiger partial charge in [0.15, 0.2) is 6.29 Å². The number of para-hydroxylation sites is 2. The van der Waals surface area contributed by atoms with Gasteiger partial charge in [-0.15, -0.1) is 0 Å². The fourth-order valence-corrected chi connectivity index (χ4v) is 6.26. The summed E-state index contributed by atoms with van der Waals surface area (Å²) in [5, 5.41) is 15.0. The molecule has 1 saturated heterocycles. The number of rotatable bonds is 9. The van der Waals surface area contributed by atoms with Crippen LogP contribution in [-0.2, 0) is 16.1 Å². The molecular weight excluding hydrogens is 600 g/mol. The van der Waals surface area contributed by atoms with Gasteiger partial charge < -0.3 is 19.9 Å². The summed E-state index contributed by atoms with van der Waals surface area (Å²) in [6.07, 6.45) is 1.14. The lowest BCUT2D eigenvalue weighted by atomic mass is 9.98. The summed E-state index contributed by atoms with van der Waals surface area (Å²) in [6.45, 7) is 2.90. The van der Waals surface area contributed by atoms with Gasteiger partial charge in [0, 0.05) is 30.3 Å². The summed E-state index contributed by atoms with van der Waals surface area (Å²) >= 11 is 0. The number of hydrogen-bond acceptors (Lipinski definition) is 7. The van der Waals surface area contributed by atoms with Gasteiger partial charge in [-0.2, -0.15) is 0 Å². The van der Waals surface area contributed by atoms with Gasteiger partial charge in [0.25, 0.3) is 5.91 Å². The Hall–Kier alpha value is -4.99. The van der Waals surface area contributed by atoms with Crippen molar-refractivity contribution in [1.29, 1.82) is 0 Å². The zero-order chi connectivity index (χ0) is 33.0. The van der Waals surface area contributed by atoms with Crippen molar-refractivity contribution >= 4 is 33.4 Å². The number of aromatic nitrogens is 2. The molecule has 48 heavy (non-hydrogen) atoms. The van der Waals surface area contributed by atoms with Crippen LogP contribution in [0.5, 0.6) is 0 Å². The standard InChI is InChI=1S/C40H38N4O4/c1-26(30-19-18-28-8-3-4-9-31(28)20-30)44(2)24-34-22-38(29-16-14-27(25-45)15-17-29)48-40(47-34)32-10-7-11-33(21-32)42-39(46)37-23-41-35-12-5-6-13-36(35)43-37/h3-21,23,26,34,38,40,45H,22,24-25H2,1-2H3,(H,42,46)/t26-,34+,38-,40-/m1/s1. The lowest BCUT2D eigenvalue weighted by molar-refractivity contribution is -0.253. The van der Waals surface area contributed by atoms with E-state index in [0.717, 1.165) is 22.2 Å². The van der Waals surface area contributed by atoms with Gasteiger partial charge in [-0.25, -0.2) is 4.98 Å². The number of likely N-dealkylation sites (N-methyl/N-ethyl adjacent to an activating group) is 1. The molecule has 1 aromatic heterocycles. The maximum atomic E-state index is 13.2. The molecule has 242 valence electrons. The molecule has 6 aromatic rings. The molecule has 2 N–H and O–H groups in total. The lowest BCUT2D eigenvalue weighted by Gasteiger charge is -2.39. The second-order valence-electron chi connectivity index (χ2n) is 12.4. The molecule has 0 saturated carbocycles. The Morgan fingerprint density at radius 2 is 1.65 bits per heavy atom. The average Bonchev–Trinajstić information content (AvgIpc) is 3.14. The molecule has 8 heteroatoms. The molecule has 1 fully saturated rings. The second-order valence-corrected chi connectivity index (χ2v) is 12.4. The Bertz CT molecular complexity index is 2050. The van der Waals surface area contributed by atoms with Crippen LogP contribution in [0.15, 0.2) is 121 Å². The third-order valence-corrected chi connectivity index (χ3v) is 9.12. The summed E-state index contributed by atoms with van der Waals surface area (Å²) in [5.74, 6) is -0.347. The third kappa shape index (κ3) is 6.98. The van der Waals surface area contributed by atoms with Crippen molar-refractivity contribution in [3.8, 4) is 0 Å². The Labute approximate surface area is 280 Å². The normalized spacial score (nSPS) is 18.6. The summed E-state index contributed by atoms with van der Waals surface area (Å²) in [4.78, 5) is 24.3. The van der Waals surface area contributed by atoms with Gasteiger partial charge in [0.05, 0.1) is 36.0 Å². The number of fused-ring (bicyclic) bond motifs is 2. The maximum Gasteiger partial charge on any atom is 0.275 e. The molecule has 1 amide bonds. The number of hydrogen-bond donors (Lipinski definition) is 2. The number of nitrogens with zero attached hydrogens (tertiary/aromatic N) is 3. The quantitative estimate of drug-likeness (QED) is 0.167. The Morgan fingerprint density at radius 1 is 0.875 bits per heavy atom. The summed E-state index contributed by atoms with van der Waals surface area (Å²) in [5.41, 5.74) is 6.14. The van der Waals surface area contributed by atoms with Crippen molar-refractivity contribution in [3.63, 3.8) is 0 Å². The zero-order valence-electron chi connectivity index (χ0n) is 27.0. The van der Waals surface area contributed by atoms with Crippen LogP contribution >= 0.6 is 0 Å². The van der Waals surface area contributed by atoms with Crippen LogP contribution in [0.2, 0.25) is 0 Å². The van der Waals surface area contributed by atoms with Crippen molar-refractivity contribution in [3.05, 3.63) is 149 Å². The summed E-state index contributed by atoms with van der Waals surface area (Å²) in [7, 11) is 2.13. The van der Waals surface area contributed by atoms with Crippen molar-refractivity contribution in [2.45, 2.75) is 44.5 Å². The SMILES string of the molecule is C[C@H](c1ccc2ccccc2c1)N(C)C[C@@H]1C[C@H](c2ccc(CO)cc2)O[C@H](c2cccc(NC(=O)c3cnc4ccccc4n3)c2)O1. The third-order valence-electron chi connectivity index (χ3n) is 9.12. The van der Waals surface area contributed by atoms with E-state index >= 15 is 0 Å². The second kappa shape index (κ2) is 14.0. The fraction of sp³-hybridized carbons (Fsp3) is 0.225. The molecule has 2 heterocycles. The fourth-order valence-electron chi connectivity index (χ4n) is 6.26. The highest BCUT2D eigenvalue weighted by Gasteiger charge is 2.33. The van der Waals surface area contributed by atoms with Gasteiger partial charge in [0.1, 0.15) is 5.69 Å². The first kappa shape index (κ1) is 31.6. The van der Waals surface area contributed by atoms with Crippen LogP contribution in [0, 0.1) is 0 Å². The number of aliphatic hydroxyl groups is 1. The van der Waals surface area contributed by atoms with E-state index in [-0.39, 0.29) is 36.5 Å². The number of amides is 1. The van der Waals surface area contributed by atoms with Crippen molar-refractivity contribution < 1.29 is 19.4 Å². The first-order valence-corrected chi connectivity index (χ1v) is 16.3. The zero-order valence-corrected chi connectivity index (χ0v) is 27.0. The van der Waals surface area contributed by atoms with Crippen LogP contribution in [0.1, 0.15) is 64.5 Å². The average molecular weight is 639 g/mol. The molecule has 7 rings (SSSR count). The molecule has 4 atom stereocenters. The maximum absolute atomic E-state index is 13.2. The Balaban J connectivity index is 1.11. The van der Waals surface area contributed by atoms with E-state index in [0.29, 0.717) is 24.2 Å². The van der Waals surface area contributed by atoms with E-state index in [2.05, 4.69) is 76.6 Å². The largest absolute Gasteiger partial charge is 0.392 e. The predicted octanol–water partition coefficient (Wildman–Crippen LogP) is 7.77. The van der Waals surface area contributed by atoms with Gasteiger partial charge >= 0.3 is 0 Å². The molecule has 1 aliphatic rings. The van der Waals surface area contributed by atoms with E-state index in [4.69, 9.17) is 9.47 Å². The number of anilines is 1. The van der Waals surface area contributed by atoms with E-state index < -0.39 is 6.29 Å². The van der Waals surface area contributed by atoms with E-state index in [9.17, 15) is 9.90 Å². The minimum absolute atomic E-state index is 0.0130. The van der Waals surface area contributed by atoms with Gasteiger partial charge in [0.2, 0.25) is 0 Å². The van der Waals surface area contributed by atoms with Crippen LogP contribution < -0.4 is 5.32 Å². The van der Waals surface area contributed by atoms with Crippen LogP contribution in [0.4, 0.5) is 5.69 Å². The molecular formula is C40H38N4O4. The highest BCUT2D eigenvalue weighted by molar-refractivity contribution is 6.03. The molecule has 0 unspecified atom stereocenters. The van der Waals surface area contributed by atoms with Crippen molar-refractivity contribution in [1.82, 2.24) is 14.9 Å². The van der Waals surface area contributed by atoms with Gasteiger partial charge in [-0.05, 0) is 71.8 Å². The molecule has 0 bridgehead atoms. The molecule has 1 aliphatic heterocycles. The number of carbonyl (C=O) groups is 1. The predicted molar refractivity (Wildman–Crippen MR) is 187 cm³/mol. The Kier molecular flexibility index (Phi) is 9.22. The molecule has 5 aromatic carbocycles. The lowest BCUT2D eigenvalue weighted by Crippen LogP contribution is -2.38. The highest BCUT2D eigenvalue weighted by Crippen LogP contribution is 2.39. The molecule has 0 spiro atoms. The number of carbonyl (C=O) groups excluding carboxylic acids is 1. The Morgan fingerprint density at radius 3 is 2.46 bits per heavy atom. The summed E-state index contributed by atoms with van der Waals surface area (Å²) in [6, 6.07) is 38.1. The minimum atomic E-state index is -0.659. The van der Waals surface area contributed by atoms with Crippen LogP contribution in [0.25, 0.3) is 21.8 Å². The summed E-state index contributed by atoms with van der Waals surface area (Å²) < 4.78 is 13.2. The topological polar surface area (TPSA) is 96.8 Å². The highest BCUT2D eigenvalue weighted by atomic mass is 16.7. The molecule has 0 aliphatic carbocycles. The van der Waals surface area contributed by atoms with Crippen molar-refractivity contribution in [2.24, 2.45) is 0 Å². The van der Waals surface area contributed by atoms with E-state index in [1.165, 1.54) is 22.5 Å².